The fourth-order valence-electron chi connectivity index (χ4n) is 2.05. The van der Waals surface area contributed by atoms with Gasteiger partial charge in [0.05, 0.1) is 11.3 Å². The van der Waals surface area contributed by atoms with Gasteiger partial charge >= 0.3 is 5.97 Å². The summed E-state index contributed by atoms with van der Waals surface area (Å²) in [6, 6.07) is 8.81. The van der Waals surface area contributed by atoms with Gasteiger partial charge in [0.1, 0.15) is 0 Å². The van der Waals surface area contributed by atoms with E-state index in [4.69, 9.17) is 4.74 Å². The molecular weight excluding hydrogens is 294 g/mol. The van der Waals surface area contributed by atoms with Gasteiger partial charge in [0.15, 0.2) is 6.10 Å². The zero-order valence-electron chi connectivity index (χ0n) is 13.6. The number of amides is 1. The Morgan fingerprint density at radius 2 is 1.96 bits per heavy atom. The maximum absolute atomic E-state index is 12.1. The Morgan fingerprint density at radius 1 is 1.26 bits per heavy atom. The molecule has 0 radical (unpaired) electrons. The van der Waals surface area contributed by atoms with Crippen molar-refractivity contribution in [2.45, 2.75) is 33.3 Å². The molecule has 2 rings (SSSR count). The number of rotatable bonds is 6. The molecule has 0 aliphatic heterocycles. The standard InChI is InChI=1S/C17H21N3O3/c1-4-10-18-16(21)13(3)23-17(22)14-5-7-15(8-6-14)20-12(2)9-11-19-20/h5-9,11,13H,4,10H2,1-3H3,(H,18,21)/t13-/m1/s1. The minimum absolute atomic E-state index is 0.288. The molecule has 0 bridgehead atoms. The van der Waals surface area contributed by atoms with Gasteiger partial charge in [0, 0.05) is 18.4 Å². The summed E-state index contributed by atoms with van der Waals surface area (Å²) in [6.45, 7) is 6.04. The number of aromatic nitrogens is 2. The molecular formula is C17H21N3O3. The van der Waals surface area contributed by atoms with Crippen LogP contribution < -0.4 is 5.32 Å². The fourth-order valence-corrected chi connectivity index (χ4v) is 2.05. The van der Waals surface area contributed by atoms with Crippen LogP contribution in [-0.2, 0) is 9.53 Å². The number of esters is 1. The molecule has 1 N–H and O–H groups in total. The minimum atomic E-state index is -0.818. The largest absolute Gasteiger partial charge is 0.449 e. The van der Waals surface area contributed by atoms with E-state index in [1.807, 2.05) is 19.9 Å². The third-order valence-corrected chi connectivity index (χ3v) is 3.38. The van der Waals surface area contributed by atoms with E-state index in [1.165, 1.54) is 0 Å². The third kappa shape index (κ3) is 4.18. The van der Waals surface area contributed by atoms with Crippen LogP contribution in [0.3, 0.4) is 0 Å². The van der Waals surface area contributed by atoms with Crippen molar-refractivity contribution in [3.8, 4) is 5.69 Å². The van der Waals surface area contributed by atoms with Gasteiger partial charge in [-0.15, -0.1) is 0 Å². The summed E-state index contributed by atoms with van der Waals surface area (Å²) in [7, 11) is 0. The normalized spacial score (nSPS) is 11.8. The van der Waals surface area contributed by atoms with Crippen molar-refractivity contribution in [2.24, 2.45) is 0 Å². The smallest absolute Gasteiger partial charge is 0.338 e. The first kappa shape index (κ1) is 16.7. The highest BCUT2D eigenvalue weighted by Gasteiger charge is 2.18. The van der Waals surface area contributed by atoms with Crippen LogP contribution in [0.4, 0.5) is 0 Å². The van der Waals surface area contributed by atoms with E-state index in [-0.39, 0.29) is 5.91 Å². The van der Waals surface area contributed by atoms with Gasteiger partial charge in [-0.1, -0.05) is 6.92 Å². The number of nitrogens with zero attached hydrogens (tertiary/aromatic N) is 2. The fraction of sp³-hybridized carbons (Fsp3) is 0.353. The summed E-state index contributed by atoms with van der Waals surface area (Å²) in [4.78, 5) is 23.8. The lowest BCUT2D eigenvalue weighted by atomic mass is 10.2. The van der Waals surface area contributed by atoms with Gasteiger partial charge in [0.25, 0.3) is 5.91 Å². The number of aryl methyl sites for hydroxylation is 1. The second kappa shape index (κ2) is 7.58. The van der Waals surface area contributed by atoms with Gasteiger partial charge in [0.2, 0.25) is 0 Å². The van der Waals surface area contributed by atoms with Crippen molar-refractivity contribution in [1.29, 1.82) is 0 Å². The van der Waals surface area contributed by atoms with Crippen LogP contribution in [0.15, 0.2) is 36.5 Å². The predicted octanol–water partition coefficient (Wildman–Crippen LogP) is 2.25. The van der Waals surface area contributed by atoms with Gasteiger partial charge < -0.3 is 10.1 Å². The molecule has 0 aliphatic carbocycles. The number of ether oxygens (including phenoxy) is 1. The molecule has 0 saturated carbocycles. The molecule has 1 amide bonds. The van der Waals surface area contributed by atoms with E-state index in [0.717, 1.165) is 17.8 Å². The Labute approximate surface area is 135 Å². The predicted molar refractivity (Wildman–Crippen MR) is 86.5 cm³/mol. The number of nitrogens with one attached hydrogen (secondary N) is 1. The average molecular weight is 315 g/mol. The average Bonchev–Trinajstić information content (AvgIpc) is 2.98. The summed E-state index contributed by atoms with van der Waals surface area (Å²) < 4.78 is 6.95. The zero-order valence-corrected chi connectivity index (χ0v) is 13.6. The summed E-state index contributed by atoms with van der Waals surface area (Å²) in [6.07, 6.45) is 1.73. The molecule has 0 unspecified atom stereocenters. The SMILES string of the molecule is CCCNC(=O)[C@@H](C)OC(=O)c1ccc(-n2nccc2C)cc1. The van der Waals surface area contributed by atoms with E-state index in [1.54, 1.807) is 42.1 Å². The third-order valence-electron chi connectivity index (χ3n) is 3.38. The molecule has 23 heavy (non-hydrogen) atoms. The van der Waals surface area contributed by atoms with E-state index >= 15 is 0 Å². The van der Waals surface area contributed by atoms with Crippen molar-refractivity contribution in [3.63, 3.8) is 0 Å². The van der Waals surface area contributed by atoms with Crippen LogP contribution in [0, 0.1) is 6.92 Å². The van der Waals surface area contributed by atoms with Crippen LogP contribution in [0.25, 0.3) is 5.69 Å². The van der Waals surface area contributed by atoms with E-state index in [2.05, 4.69) is 10.4 Å². The maximum atomic E-state index is 12.1. The van der Waals surface area contributed by atoms with Crippen molar-refractivity contribution >= 4 is 11.9 Å². The molecule has 0 aliphatic rings. The van der Waals surface area contributed by atoms with Gasteiger partial charge in [-0.3, -0.25) is 4.79 Å². The Bertz CT molecular complexity index is 677. The quantitative estimate of drug-likeness (QED) is 0.830. The molecule has 6 nitrogen and oxygen atoms in total. The van der Waals surface area contributed by atoms with Gasteiger partial charge in [-0.2, -0.15) is 5.10 Å². The summed E-state index contributed by atoms with van der Waals surface area (Å²) in [5.41, 5.74) is 2.26. The Hall–Kier alpha value is -2.63. The Kier molecular flexibility index (Phi) is 5.51. The van der Waals surface area contributed by atoms with Gasteiger partial charge in [-0.05, 0) is 50.6 Å². The van der Waals surface area contributed by atoms with Crippen LogP contribution >= 0.6 is 0 Å². The lowest BCUT2D eigenvalue weighted by Crippen LogP contribution is -2.36. The van der Waals surface area contributed by atoms with Crippen molar-refractivity contribution in [1.82, 2.24) is 15.1 Å². The molecule has 1 atom stereocenters. The molecule has 6 heteroatoms. The van der Waals surface area contributed by atoms with Crippen molar-refractivity contribution in [3.05, 3.63) is 47.8 Å². The molecule has 0 fully saturated rings. The first-order chi connectivity index (χ1) is 11.0. The van der Waals surface area contributed by atoms with Crippen LogP contribution in [0.1, 0.15) is 36.3 Å². The molecule has 122 valence electrons. The van der Waals surface area contributed by atoms with Crippen molar-refractivity contribution in [2.75, 3.05) is 6.54 Å². The van der Waals surface area contributed by atoms with Crippen LogP contribution in [-0.4, -0.2) is 34.3 Å². The Balaban J connectivity index is 2.00. The molecule has 1 aromatic carbocycles. The molecule has 1 heterocycles. The number of benzene rings is 1. The monoisotopic (exact) mass is 315 g/mol. The lowest BCUT2D eigenvalue weighted by Gasteiger charge is -2.13. The van der Waals surface area contributed by atoms with E-state index < -0.39 is 12.1 Å². The highest BCUT2D eigenvalue weighted by molar-refractivity contribution is 5.92. The topological polar surface area (TPSA) is 73.2 Å². The number of hydrogen-bond donors (Lipinski definition) is 1. The van der Waals surface area contributed by atoms with E-state index in [9.17, 15) is 9.59 Å². The summed E-state index contributed by atoms with van der Waals surface area (Å²) >= 11 is 0. The van der Waals surface area contributed by atoms with E-state index in [0.29, 0.717) is 12.1 Å². The number of hydrogen-bond acceptors (Lipinski definition) is 4. The molecule has 0 spiro atoms. The molecule has 0 saturated heterocycles. The summed E-state index contributed by atoms with van der Waals surface area (Å²) in [5, 5.41) is 6.90. The lowest BCUT2D eigenvalue weighted by molar-refractivity contribution is -0.129. The number of carbonyl (C=O) groups excluding carboxylic acids is 2. The first-order valence-electron chi connectivity index (χ1n) is 7.62. The number of carbonyl (C=O) groups is 2. The van der Waals surface area contributed by atoms with Crippen LogP contribution in [0.5, 0.6) is 0 Å². The second-order valence-electron chi connectivity index (χ2n) is 5.27. The first-order valence-corrected chi connectivity index (χ1v) is 7.62. The van der Waals surface area contributed by atoms with Gasteiger partial charge in [-0.25, -0.2) is 9.48 Å². The maximum Gasteiger partial charge on any atom is 0.338 e. The van der Waals surface area contributed by atoms with Crippen LogP contribution in [0.2, 0.25) is 0 Å². The molecule has 1 aromatic heterocycles. The second-order valence-corrected chi connectivity index (χ2v) is 5.27. The minimum Gasteiger partial charge on any atom is -0.449 e. The molecule has 2 aromatic rings. The Morgan fingerprint density at radius 3 is 2.52 bits per heavy atom. The van der Waals surface area contributed by atoms with Crippen molar-refractivity contribution < 1.29 is 14.3 Å². The zero-order chi connectivity index (χ0) is 16.8. The summed E-state index contributed by atoms with van der Waals surface area (Å²) in [5.74, 6) is -0.808. The highest BCUT2D eigenvalue weighted by Crippen LogP contribution is 2.12. The highest BCUT2D eigenvalue weighted by atomic mass is 16.5.